The summed E-state index contributed by atoms with van der Waals surface area (Å²) in [6, 6.07) is 5.19. The lowest BCUT2D eigenvalue weighted by Crippen LogP contribution is -2.16. The summed E-state index contributed by atoms with van der Waals surface area (Å²) in [6.07, 6.45) is 1.41. The molecule has 2 rings (SSSR count). The van der Waals surface area contributed by atoms with Crippen molar-refractivity contribution in [2.75, 3.05) is 12.0 Å². The number of halogens is 1. The maximum atomic E-state index is 11.1. The standard InChI is InChI=1S/C13H16BrN3O3S/c1-8-3-4-9(10(14)7-8)12-16-13(20-17-12)11(15)5-6-21(2,18)19/h3-4,7,11H,5-6,15H2,1-2H3. The minimum atomic E-state index is -3.06. The first-order chi connectivity index (χ1) is 9.76. The van der Waals surface area contributed by atoms with Crippen LogP contribution in [0.25, 0.3) is 11.4 Å². The zero-order chi connectivity index (χ0) is 15.6. The highest BCUT2D eigenvalue weighted by molar-refractivity contribution is 9.10. The third-order valence-corrected chi connectivity index (χ3v) is 4.56. The van der Waals surface area contributed by atoms with E-state index < -0.39 is 15.9 Å². The number of nitrogens with two attached hydrogens (primary N) is 1. The van der Waals surface area contributed by atoms with Gasteiger partial charge in [0.25, 0.3) is 0 Å². The molecule has 0 spiro atoms. The van der Waals surface area contributed by atoms with E-state index in [1.807, 2.05) is 25.1 Å². The molecule has 8 heteroatoms. The minimum absolute atomic E-state index is 0.0138. The zero-order valence-electron chi connectivity index (χ0n) is 11.7. The number of aromatic nitrogens is 2. The predicted octanol–water partition coefficient (Wildman–Crippen LogP) is 2.24. The van der Waals surface area contributed by atoms with E-state index in [0.29, 0.717) is 5.82 Å². The van der Waals surface area contributed by atoms with Crippen molar-refractivity contribution in [2.45, 2.75) is 19.4 Å². The Morgan fingerprint density at radius 1 is 1.43 bits per heavy atom. The summed E-state index contributed by atoms with van der Waals surface area (Å²) in [7, 11) is -3.06. The Kier molecular flexibility index (Phi) is 4.80. The molecule has 0 aliphatic heterocycles. The smallest absolute Gasteiger partial charge is 0.243 e. The van der Waals surface area contributed by atoms with Gasteiger partial charge in [0.2, 0.25) is 11.7 Å². The second-order valence-corrected chi connectivity index (χ2v) is 8.08. The van der Waals surface area contributed by atoms with Crippen LogP contribution in [-0.2, 0) is 9.84 Å². The highest BCUT2D eigenvalue weighted by Crippen LogP contribution is 2.27. The summed E-state index contributed by atoms with van der Waals surface area (Å²) in [6.45, 7) is 1.98. The SMILES string of the molecule is Cc1ccc(-c2noc(C(N)CCS(C)(=O)=O)n2)c(Br)c1. The number of hydrogen-bond donors (Lipinski definition) is 1. The zero-order valence-corrected chi connectivity index (χ0v) is 14.1. The van der Waals surface area contributed by atoms with Gasteiger partial charge in [0, 0.05) is 16.3 Å². The van der Waals surface area contributed by atoms with Gasteiger partial charge in [0.15, 0.2) is 0 Å². The van der Waals surface area contributed by atoms with E-state index in [2.05, 4.69) is 26.1 Å². The Hall–Kier alpha value is -1.25. The van der Waals surface area contributed by atoms with Crippen molar-refractivity contribution in [3.8, 4) is 11.4 Å². The molecule has 114 valence electrons. The fraction of sp³-hybridized carbons (Fsp3) is 0.385. The van der Waals surface area contributed by atoms with Gasteiger partial charge in [-0.05, 0) is 31.0 Å². The van der Waals surface area contributed by atoms with Crippen molar-refractivity contribution in [1.82, 2.24) is 10.1 Å². The largest absolute Gasteiger partial charge is 0.337 e. The Labute approximate surface area is 131 Å². The number of benzene rings is 1. The third kappa shape index (κ3) is 4.36. The summed E-state index contributed by atoms with van der Waals surface area (Å²) >= 11 is 3.45. The molecular weight excluding hydrogens is 358 g/mol. The first kappa shape index (κ1) is 16.1. The molecule has 0 aliphatic carbocycles. The summed E-state index contributed by atoms with van der Waals surface area (Å²) in [4.78, 5) is 4.24. The van der Waals surface area contributed by atoms with Crippen LogP contribution in [0.3, 0.4) is 0 Å². The molecule has 1 aromatic carbocycles. The average molecular weight is 374 g/mol. The maximum absolute atomic E-state index is 11.1. The Morgan fingerprint density at radius 2 is 2.14 bits per heavy atom. The Bertz CT molecular complexity index is 743. The number of sulfone groups is 1. The molecular formula is C13H16BrN3O3S. The quantitative estimate of drug-likeness (QED) is 0.862. The van der Waals surface area contributed by atoms with E-state index in [0.717, 1.165) is 15.6 Å². The van der Waals surface area contributed by atoms with Crippen molar-refractivity contribution in [3.05, 3.63) is 34.1 Å². The van der Waals surface area contributed by atoms with E-state index in [9.17, 15) is 8.42 Å². The lowest BCUT2D eigenvalue weighted by molar-refractivity contribution is 0.352. The lowest BCUT2D eigenvalue weighted by atomic mass is 10.1. The Balaban J connectivity index is 2.17. The fourth-order valence-corrected chi connectivity index (χ4v) is 3.11. The van der Waals surface area contributed by atoms with E-state index in [1.165, 1.54) is 6.26 Å². The molecule has 0 saturated carbocycles. The molecule has 0 fully saturated rings. The second-order valence-electron chi connectivity index (χ2n) is 4.96. The summed E-state index contributed by atoms with van der Waals surface area (Å²) in [5.74, 6) is 0.646. The molecule has 0 radical (unpaired) electrons. The molecule has 2 aromatic rings. The van der Waals surface area contributed by atoms with Crippen molar-refractivity contribution < 1.29 is 12.9 Å². The van der Waals surface area contributed by atoms with Gasteiger partial charge >= 0.3 is 0 Å². The second kappa shape index (κ2) is 6.25. The van der Waals surface area contributed by atoms with Crippen molar-refractivity contribution in [2.24, 2.45) is 5.73 Å². The van der Waals surface area contributed by atoms with Gasteiger partial charge in [-0.25, -0.2) is 8.42 Å². The van der Waals surface area contributed by atoms with Crippen molar-refractivity contribution in [1.29, 1.82) is 0 Å². The third-order valence-electron chi connectivity index (χ3n) is 2.92. The van der Waals surface area contributed by atoms with E-state index in [-0.39, 0.29) is 18.1 Å². The molecule has 2 N–H and O–H groups in total. The van der Waals surface area contributed by atoms with Crippen LogP contribution in [0.15, 0.2) is 27.2 Å². The Morgan fingerprint density at radius 3 is 2.76 bits per heavy atom. The molecule has 0 aliphatic rings. The molecule has 0 amide bonds. The van der Waals surface area contributed by atoms with Crippen LogP contribution >= 0.6 is 15.9 Å². The van der Waals surface area contributed by atoms with Gasteiger partial charge in [-0.2, -0.15) is 4.98 Å². The van der Waals surface area contributed by atoms with Gasteiger partial charge in [-0.3, -0.25) is 0 Å². The van der Waals surface area contributed by atoms with E-state index in [1.54, 1.807) is 0 Å². The van der Waals surface area contributed by atoms with Crippen LogP contribution in [0, 0.1) is 6.92 Å². The summed E-state index contributed by atoms with van der Waals surface area (Å²) in [5.41, 5.74) is 7.79. The average Bonchev–Trinajstić information content (AvgIpc) is 2.84. The number of hydrogen-bond acceptors (Lipinski definition) is 6. The molecule has 21 heavy (non-hydrogen) atoms. The van der Waals surface area contributed by atoms with Crippen LogP contribution in [0.5, 0.6) is 0 Å². The van der Waals surface area contributed by atoms with E-state index in [4.69, 9.17) is 10.3 Å². The van der Waals surface area contributed by atoms with Gasteiger partial charge in [0.05, 0.1) is 11.8 Å². The predicted molar refractivity (Wildman–Crippen MR) is 83.4 cm³/mol. The molecule has 0 bridgehead atoms. The van der Waals surface area contributed by atoms with Crippen LogP contribution in [0.2, 0.25) is 0 Å². The number of aryl methyl sites for hydroxylation is 1. The van der Waals surface area contributed by atoms with Crippen LogP contribution < -0.4 is 5.73 Å². The highest BCUT2D eigenvalue weighted by atomic mass is 79.9. The normalized spacial score (nSPS) is 13.3. The number of nitrogens with zero attached hydrogens (tertiary/aromatic N) is 2. The highest BCUT2D eigenvalue weighted by Gasteiger charge is 2.18. The van der Waals surface area contributed by atoms with E-state index >= 15 is 0 Å². The summed E-state index contributed by atoms with van der Waals surface area (Å²) < 4.78 is 28.3. The summed E-state index contributed by atoms with van der Waals surface area (Å²) in [5, 5.41) is 3.90. The monoisotopic (exact) mass is 373 g/mol. The van der Waals surface area contributed by atoms with Gasteiger partial charge in [0.1, 0.15) is 9.84 Å². The molecule has 1 atom stereocenters. The molecule has 1 heterocycles. The minimum Gasteiger partial charge on any atom is -0.337 e. The van der Waals surface area contributed by atoms with Crippen LogP contribution in [0.1, 0.15) is 23.9 Å². The molecule has 0 saturated heterocycles. The molecule has 1 aromatic heterocycles. The lowest BCUT2D eigenvalue weighted by Gasteiger charge is -2.04. The topological polar surface area (TPSA) is 99.1 Å². The number of rotatable bonds is 5. The van der Waals surface area contributed by atoms with Gasteiger partial charge in [-0.15, -0.1) is 0 Å². The van der Waals surface area contributed by atoms with Crippen LogP contribution in [0.4, 0.5) is 0 Å². The fourth-order valence-electron chi connectivity index (χ4n) is 1.76. The van der Waals surface area contributed by atoms with Crippen molar-refractivity contribution >= 4 is 25.8 Å². The van der Waals surface area contributed by atoms with Gasteiger partial charge in [-0.1, -0.05) is 27.2 Å². The van der Waals surface area contributed by atoms with Gasteiger partial charge < -0.3 is 10.3 Å². The van der Waals surface area contributed by atoms with Crippen molar-refractivity contribution in [3.63, 3.8) is 0 Å². The maximum Gasteiger partial charge on any atom is 0.243 e. The van der Waals surface area contributed by atoms with Crippen LogP contribution in [-0.4, -0.2) is 30.6 Å². The molecule has 6 nitrogen and oxygen atoms in total. The molecule has 1 unspecified atom stereocenters. The first-order valence-corrected chi connectivity index (χ1v) is 9.15. The first-order valence-electron chi connectivity index (χ1n) is 6.30.